The highest BCUT2D eigenvalue weighted by Gasteiger charge is 2.25. The van der Waals surface area contributed by atoms with Crippen LogP contribution in [0.4, 0.5) is 0 Å². The molecular formula is C10H14N4O3S. The first-order chi connectivity index (χ1) is 8.54. The van der Waals surface area contributed by atoms with Gasteiger partial charge in [-0.05, 0) is 0 Å². The molecule has 1 N–H and O–H groups in total. The minimum atomic E-state index is -0.828. The van der Waals surface area contributed by atoms with Crippen LogP contribution in [0.2, 0.25) is 0 Å². The second-order valence-electron chi connectivity index (χ2n) is 4.10. The number of hydrogen-bond donors (Lipinski definition) is 1. The largest absolute Gasteiger partial charge is 0.481 e. The molecule has 98 valence electrons. The molecule has 8 heteroatoms. The summed E-state index contributed by atoms with van der Waals surface area (Å²) >= 11 is 1.36. The van der Waals surface area contributed by atoms with E-state index in [0.717, 1.165) is 5.01 Å². The van der Waals surface area contributed by atoms with E-state index < -0.39 is 11.9 Å². The summed E-state index contributed by atoms with van der Waals surface area (Å²) in [6, 6.07) is 0. The minimum Gasteiger partial charge on any atom is -0.481 e. The molecular weight excluding hydrogens is 256 g/mol. The predicted octanol–water partition coefficient (Wildman–Crippen LogP) is 1.16. The summed E-state index contributed by atoms with van der Waals surface area (Å²) in [6.07, 6.45) is 0. The maximum absolute atomic E-state index is 11.0. The Morgan fingerprint density at radius 3 is 2.83 bits per heavy atom. The number of carboxylic acids is 1. The zero-order valence-corrected chi connectivity index (χ0v) is 11.1. The van der Waals surface area contributed by atoms with Gasteiger partial charge in [0.25, 0.3) is 0 Å². The van der Waals surface area contributed by atoms with Gasteiger partial charge in [-0.3, -0.25) is 4.79 Å². The lowest BCUT2D eigenvalue weighted by Gasteiger charge is -2.11. The number of hydrogen-bond acceptors (Lipinski definition) is 6. The highest BCUT2D eigenvalue weighted by Crippen LogP contribution is 2.28. The summed E-state index contributed by atoms with van der Waals surface area (Å²) < 4.78 is 6.60. The molecule has 0 aliphatic carbocycles. The number of methoxy groups -OCH3 is 1. The number of ether oxygens (including phenoxy) is 1. The third-order valence-electron chi connectivity index (χ3n) is 2.87. The van der Waals surface area contributed by atoms with Crippen LogP contribution in [0, 0.1) is 5.92 Å². The quantitative estimate of drug-likeness (QED) is 0.876. The standard InChI is InChI=1S/C10H14N4O3S/c1-5(6(2)9(15)16)8-13-14-7(4-17-3)11-12-10(14)18-8/h5-6H,4H2,1-3H3,(H,15,16). The van der Waals surface area contributed by atoms with E-state index in [1.807, 2.05) is 6.92 Å². The van der Waals surface area contributed by atoms with Crippen LogP contribution in [0.15, 0.2) is 0 Å². The van der Waals surface area contributed by atoms with Gasteiger partial charge in [-0.1, -0.05) is 25.2 Å². The lowest BCUT2D eigenvalue weighted by molar-refractivity contribution is -0.141. The first-order valence-corrected chi connectivity index (χ1v) is 6.29. The van der Waals surface area contributed by atoms with E-state index in [-0.39, 0.29) is 5.92 Å². The average molecular weight is 270 g/mol. The normalized spacial score (nSPS) is 14.8. The molecule has 0 aliphatic heterocycles. The Morgan fingerprint density at radius 1 is 1.50 bits per heavy atom. The summed E-state index contributed by atoms with van der Waals surface area (Å²) in [5.41, 5.74) is 0. The van der Waals surface area contributed by atoms with Crippen molar-refractivity contribution in [3.05, 3.63) is 10.8 Å². The van der Waals surface area contributed by atoms with Crippen LogP contribution in [0.25, 0.3) is 4.96 Å². The van der Waals surface area contributed by atoms with E-state index in [9.17, 15) is 4.79 Å². The zero-order chi connectivity index (χ0) is 13.3. The van der Waals surface area contributed by atoms with Crippen molar-refractivity contribution in [1.29, 1.82) is 0 Å². The van der Waals surface area contributed by atoms with E-state index in [4.69, 9.17) is 9.84 Å². The SMILES string of the molecule is COCc1nnc2sc(C(C)C(C)C(=O)O)nn12. The molecule has 2 aromatic rings. The van der Waals surface area contributed by atoms with Gasteiger partial charge in [0.05, 0.1) is 5.92 Å². The Hall–Kier alpha value is -1.54. The van der Waals surface area contributed by atoms with Crippen molar-refractivity contribution in [1.82, 2.24) is 19.8 Å². The number of rotatable bonds is 5. The Labute approximate surface area is 107 Å². The summed E-state index contributed by atoms with van der Waals surface area (Å²) in [5.74, 6) is -0.861. The number of aliphatic carboxylic acids is 1. The van der Waals surface area contributed by atoms with Gasteiger partial charge in [-0.2, -0.15) is 9.61 Å². The summed E-state index contributed by atoms with van der Waals surface area (Å²) in [4.78, 5) is 11.6. The Bertz CT molecular complexity index is 564. The lowest BCUT2D eigenvalue weighted by atomic mass is 9.97. The monoisotopic (exact) mass is 270 g/mol. The summed E-state index contributed by atoms with van der Waals surface area (Å²) in [7, 11) is 1.57. The molecule has 0 aliphatic rings. The van der Waals surface area contributed by atoms with Crippen LogP contribution in [-0.4, -0.2) is 38.0 Å². The zero-order valence-electron chi connectivity index (χ0n) is 10.3. The van der Waals surface area contributed by atoms with Crippen molar-refractivity contribution in [3.63, 3.8) is 0 Å². The Morgan fingerprint density at radius 2 is 2.22 bits per heavy atom. The van der Waals surface area contributed by atoms with Gasteiger partial charge < -0.3 is 9.84 Å². The fraction of sp³-hybridized carbons (Fsp3) is 0.600. The van der Waals surface area contributed by atoms with Crippen LogP contribution in [0.5, 0.6) is 0 Å². The molecule has 2 atom stereocenters. The summed E-state index contributed by atoms with van der Waals surface area (Å²) in [6.45, 7) is 3.85. The van der Waals surface area contributed by atoms with Gasteiger partial charge in [-0.25, -0.2) is 0 Å². The van der Waals surface area contributed by atoms with Crippen molar-refractivity contribution in [3.8, 4) is 0 Å². The van der Waals surface area contributed by atoms with Crippen LogP contribution >= 0.6 is 11.3 Å². The van der Waals surface area contributed by atoms with Crippen molar-refractivity contribution in [2.45, 2.75) is 26.4 Å². The molecule has 2 rings (SSSR count). The van der Waals surface area contributed by atoms with E-state index in [0.29, 0.717) is 17.4 Å². The average Bonchev–Trinajstić information content (AvgIpc) is 2.89. The Balaban J connectivity index is 2.32. The number of nitrogens with zero attached hydrogens (tertiary/aromatic N) is 4. The second-order valence-corrected chi connectivity index (χ2v) is 5.09. The van der Waals surface area contributed by atoms with Crippen molar-refractivity contribution < 1.29 is 14.6 Å². The Kier molecular flexibility index (Phi) is 3.58. The maximum atomic E-state index is 11.0. The number of aromatic nitrogens is 4. The molecule has 7 nitrogen and oxygen atoms in total. The molecule has 0 saturated heterocycles. The minimum absolute atomic E-state index is 0.162. The molecule has 2 heterocycles. The van der Waals surface area contributed by atoms with Gasteiger partial charge in [0.2, 0.25) is 4.96 Å². The third kappa shape index (κ3) is 2.21. The van der Waals surface area contributed by atoms with Gasteiger partial charge >= 0.3 is 5.97 Å². The first kappa shape index (κ1) is 12.9. The molecule has 0 radical (unpaired) electrons. The molecule has 0 fully saturated rings. The van der Waals surface area contributed by atoms with E-state index in [2.05, 4.69) is 15.3 Å². The van der Waals surface area contributed by atoms with E-state index >= 15 is 0 Å². The van der Waals surface area contributed by atoms with Gasteiger partial charge in [-0.15, -0.1) is 10.2 Å². The molecule has 0 aromatic carbocycles. The van der Waals surface area contributed by atoms with Crippen molar-refractivity contribution >= 4 is 22.3 Å². The van der Waals surface area contributed by atoms with Crippen molar-refractivity contribution in [2.75, 3.05) is 7.11 Å². The van der Waals surface area contributed by atoms with Crippen LogP contribution in [0.1, 0.15) is 30.6 Å². The predicted molar refractivity (Wildman–Crippen MR) is 64.6 cm³/mol. The number of carbonyl (C=O) groups is 1. The highest BCUT2D eigenvalue weighted by atomic mass is 32.1. The van der Waals surface area contributed by atoms with E-state index in [1.165, 1.54) is 11.3 Å². The van der Waals surface area contributed by atoms with Crippen molar-refractivity contribution in [2.24, 2.45) is 5.92 Å². The molecule has 0 amide bonds. The van der Waals surface area contributed by atoms with Crippen LogP contribution in [-0.2, 0) is 16.1 Å². The van der Waals surface area contributed by atoms with Crippen LogP contribution in [0.3, 0.4) is 0 Å². The van der Waals surface area contributed by atoms with Crippen LogP contribution < -0.4 is 0 Å². The molecule has 2 unspecified atom stereocenters. The second kappa shape index (κ2) is 4.99. The lowest BCUT2D eigenvalue weighted by Crippen LogP contribution is -2.16. The fourth-order valence-electron chi connectivity index (χ4n) is 1.50. The number of fused-ring (bicyclic) bond motifs is 1. The topological polar surface area (TPSA) is 89.6 Å². The molecule has 0 bridgehead atoms. The molecule has 2 aromatic heterocycles. The fourth-order valence-corrected chi connectivity index (χ4v) is 2.52. The van der Waals surface area contributed by atoms with E-state index in [1.54, 1.807) is 18.5 Å². The number of carboxylic acid groups (broad SMARTS) is 1. The molecule has 0 spiro atoms. The van der Waals surface area contributed by atoms with Gasteiger partial charge in [0.1, 0.15) is 11.6 Å². The third-order valence-corrected chi connectivity index (χ3v) is 3.97. The summed E-state index contributed by atoms with van der Waals surface area (Å²) in [5, 5.41) is 22.0. The molecule has 18 heavy (non-hydrogen) atoms. The van der Waals surface area contributed by atoms with Gasteiger partial charge in [0, 0.05) is 13.0 Å². The smallest absolute Gasteiger partial charge is 0.306 e. The maximum Gasteiger partial charge on any atom is 0.306 e. The first-order valence-electron chi connectivity index (χ1n) is 5.47. The highest BCUT2D eigenvalue weighted by molar-refractivity contribution is 7.16. The molecule has 0 saturated carbocycles. The van der Waals surface area contributed by atoms with Gasteiger partial charge in [0.15, 0.2) is 5.82 Å².